The third kappa shape index (κ3) is 4.92. The topological polar surface area (TPSA) is 53.5 Å². The Morgan fingerprint density at radius 1 is 1.54 bits per heavy atom. The summed E-state index contributed by atoms with van der Waals surface area (Å²) in [4.78, 5) is 14.8. The molecule has 4 heteroatoms. The van der Waals surface area contributed by atoms with Gasteiger partial charge in [-0.15, -0.1) is 0 Å². The first-order valence-electron chi connectivity index (χ1n) is 3.98. The maximum Gasteiger partial charge on any atom is 0.269 e. The van der Waals surface area contributed by atoms with Crippen LogP contribution in [-0.2, 0) is 4.79 Å². The number of nitrogens with zero attached hydrogens (tertiary/aromatic N) is 1. The smallest absolute Gasteiger partial charge is 0.269 e. The zero-order chi connectivity index (χ0) is 10.1. The second kappa shape index (κ2) is 7.24. The first kappa shape index (κ1) is 11.6. The van der Waals surface area contributed by atoms with Crippen molar-refractivity contribution in [1.82, 2.24) is 10.6 Å². The molecule has 0 radical (unpaired) electrons. The van der Waals surface area contributed by atoms with Crippen molar-refractivity contribution in [2.75, 3.05) is 20.1 Å². The third-order valence-corrected chi connectivity index (χ3v) is 1.34. The molecule has 4 nitrogen and oxygen atoms in total. The van der Waals surface area contributed by atoms with Crippen LogP contribution in [0.5, 0.6) is 0 Å². The molecule has 0 spiro atoms. The molecule has 0 heterocycles. The van der Waals surface area contributed by atoms with Crippen LogP contribution in [0.15, 0.2) is 29.4 Å². The molecule has 0 aromatic carbocycles. The molecule has 0 aliphatic carbocycles. The highest BCUT2D eigenvalue weighted by Crippen LogP contribution is 1.94. The summed E-state index contributed by atoms with van der Waals surface area (Å²) in [6.07, 6.45) is 3.02. The summed E-state index contributed by atoms with van der Waals surface area (Å²) >= 11 is 0. The molecule has 0 aromatic rings. The molecule has 0 aliphatic rings. The van der Waals surface area contributed by atoms with Gasteiger partial charge < -0.3 is 10.6 Å². The maximum absolute atomic E-state index is 11.3. The van der Waals surface area contributed by atoms with E-state index in [9.17, 15) is 4.79 Å². The molecule has 2 N–H and O–H groups in total. The lowest BCUT2D eigenvalue weighted by Crippen LogP contribution is -2.31. The highest BCUT2D eigenvalue weighted by atomic mass is 16.2. The number of likely N-dealkylation sites (N-methyl/N-ethyl adjacent to an activating group) is 1. The number of hydrogen-bond donors (Lipinski definition) is 2. The van der Waals surface area contributed by atoms with Crippen LogP contribution in [0.4, 0.5) is 0 Å². The average Bonchev–Trinajstić information content (AvgIpc) is 2.14. The summed E-state index contributed by atoms with van der Waals surface area (Å²) in [6.45, 7) is 8.05. The minimum atomic E-state index is -0.231. The van der Waals surface area contributed by atoms with Crippen LogP contribution in [0, 0.1) is 0 Å². The lowest BCUT2D eigenvalue weighted by atomic mass is 10.3. The fraction of sp³-hybridized carbons (Fsp3) is 0.333. The van der Waals surface area contributed by atoms with E-state index in [2.05, 4.69) is 28.9 Å². The van der Waals surface area contributed by atoms with E-state index in [-0.39, 0.29) is 11.6 Å². The second-order valence-electron chi connectivity index (χ2n) is 2.31. The summed E-state index contributed by atoms with van der Waals surface area (Å²) in [5, 5.41) is 5.58. The van der Waals surface area contributed by atoms with Crippen LogP contribution in [0.1, 0.15) is 0 Å². The van der Waals surface area contributed by atoms with Gasteiger partial charge in [-0.05, 0) is 19.8 Å². The van der Waals surface area contributed by atoms with Gasteiger partial charge in [0.25, 0.3) is 5.91 Å². The lowest BCUT2D eigenvalue weighted by molar-refractivity contribution is -0.117. The van der Waals surface area contributed by atoms with Crippen molar-refractivity contribution >= 4 is 12.6 Å². The monoisotopic (exact) mass is 181 g/mol. The number of allylic oxidation sites excluding steroid dienone is 2. The van der Waals surface area contributed by atoms with Gasteiger partial charge in [0.2, 0.25) is 0 Å². The Bertz CT molecular complexity index is 221. The van der Waals surface area contributed by atoms with Gasteiger partial charge in [0.15, 0.2) is 0 Å². The molecule has 0 bridgehead atoms. The number of aliphatic imine (C=N–C) groups is 1. The minimum Gasteiger partial charge on any atom is -0.349 e. The molecule has 0 fully saturated rings. The van der Waals surface area contributed by atoms with Crippen molar-refractivity contribution in [1.29, 1.82) is 0 Å². The molecular formula is C9H15N3O. The summed E-state index contributed by atoms with van der Waals surface area (Å²) in [5.41, 5.74) is 0.283. The highest BCUT2D eigenvalue weighted by Gasteiger charge is 2.03. The molecule has 0 unspecified atom stereocenters. The van der Waals surface area contributed by atoms with Gasteiger partial charge in [0.05, 0.1) is 0 Å². The molecule has 0 saturated heterocycles. The summed E-state index contributed by atoms with van der Waals surface area (Å²) in [5.74, 6) is -0.231. The Morgan fingerprint density at radius 2 is 2.23 bits per heavy atom. The average molecular weight is 181 g/mol. The van der Waals surface area contributed by atoms with Crippen molar-refractivity contribution in [2.45, 2.75) is 0 Å². The van der Waals surface area contributed by atoms with Gasteiger partial charge in [-0.1, -0.05) is 12.7 Å². The van der Waals surface area contributed by atoms with Gasteiger partial charge in [0.1, 0.15) is 5.70 Å². The van der Waals surface area contributed by atoms with E-state index in [1.807, 2.05) is 7.05 Å². The Kier molecular flexibility index (Phi) is 6.45. The predicted molar refractivity (Wildman–Crippen MR) is 54.8 cm³/mol. The number of rotatable bonds is 6. The number of carbonyl (C=O) groups is 1. The normalized spacial score (nSPS) is 10.7. The standard InChI is InChI=1S/C9H15N3O/c1-4-5-8(11-3)9(13)12-7-6-10-2/h4-5,10H,1,3,6-7H2,2H3,(H,12,13)/b8-5-. The van der Waals surface area contributed by atoms with Gasteiger partial charge in [0, 0.05) is 13.1 Å². The number of amides is 1. The van der Waals surface area contributed by atoms with Crippen molar-refractivity contribution in [2.24, 2.45) is 4.99 Å². The van der Waals surface area contributed by atoms with E-state index >= 15 is 0 Å². The third-order valence-electron chi connectivity index (χ3n) is 1.34. The summed E-state index contributed by atoms with van der Waals surface area (Å²) in [6, 6.07) is 0. The van der Waals surface area contributed by atoms with E-state index < -0.39 is 0 Å². The summed E-state index contributed by atoms with van der Waals surface area (Å²) < 4.78 is 0. The minimum absolute atomic E-state index is 0.231. The first-order chi connectivity index (χ1) is 6.26. The van der Waals surface area contributed by atoms with Crippen LogP contribution in [0.25, 0.3) is 0 Å². The van der Waals surface area contributed by atoms with Crippen molar-refractivity contribution in [3.8, 4) is 0 Å². The molecule has 0 aliphatic heterocycles. The lowest BCUT2D eigenvalue weighted by Gasteiger charge is -2.03. The quantitative estimate of drug-likeness (QED) is 0.264. The van der Waals surface area contributed by atoms with E-state index in [1.165, 1.54) is 12.2 Å². The molecular weight excluding hydrogens is 166 g/mol. The Hall–Kier alpha value is -1.42. The Balaban J connectivity index is 3.99. The van der Waals surface area contributed by atoms with Gasteiger partial charge in [-0.25, -0.2) is 0 Å². The Morgan fingerprint density at radius 3 is 2.69 bits per heavy atom. The molecule has 0 saturated carbocycles. The Labute approximate surface area is 78.4 Å². The predicted octanol–water partition coefficient (Wildman–Crippen LogP) is 0.0925. The maximum atomic E-state index is 11.3. The number of nitrogens with one attached hydrogen (secondary N) is 2. The van der Waals surface area contributed by atoms with Crippen LogP contribution in [-0.4, -0.2) is 32.8 Å². The van der Waals surface area contributed by atoms with Gasteiger partial charge >= 0.3 is 0 Å². The molecule has 13 heavy (non-hydrogen) atoms. The number of hydrogen-bond acceptors (Lipinski definition) is 3. The van der Waals surface area contributed by atoms with Crippen LogP contribution in [0.2, 0.25) is 0 Å². The van der Waals surface area contributed by atoms with E-state index in [0.29, 0.717) is 6.54 Å². The molecule has 72 valence electrons. The van der Waals surface area contributed by atoms with Crippen molar-refractivity contribution < 1.29 is 4.79 Å². The van der Waals surface area contributed by atoms with Crippen LogP contribution in [0.3, 0.4) is 0 Å². The molecule has 0 atom stereocenters. The molecule has 1 amide bonds. The van der Waals surface area contributed by atoms with Crippen LogP contribution < -0.4 is 10.6 Å². The summed E-state index contributed by atoms with van der Waals surface area (Å²) in [7, 11) is 1.82. The second-order valence-corrected chi connectivity index (χ2v) is 2.31. The van der Waals surface area contributed by atoms with E-state index in [0.717, 1.165) is 6.54 Å². The zero-order valence-corrected chi connectivity index (χ0v) is 7.84. The van der Waals surface area contributed by atoms with Crippen molar-refractivity contribution in [3.63, 3.8) is 0 Å². The van der Waals surface area contributed by atoms with Crippen molar-refractivity contribution in [3.05, 3.63) is 24.4 Å². The SMILES string of the molecule is C=C/C=C(\N=C)C(=O)NCCNC. The zero-order valence-electron chi connectivity index (χ0n) is 7.84. The fourth-order valence-corrected chi connectivity index (χ4v) is 0.703. The first-order valence-corrected chi connectivity index (χ1v) is 3.98. The fourth-order valence-electron chi connectivity index (χ4n) is 0.703. The van der Waals surface area contributed by atoms with Crippen LogP contribution >= 0.6 is 0 Å². The molecule has 0 rings (SSSR count). The van der Waals surface area contributed by atoms with Gasteiger partial charge in [-0.3, -0.25) is 9.79 Å². The largest absolute Gasteiger partial charge is 0.349 e. The van der Waals surface area contributed by atoms with Gasteiger partial charge in [-0.2, -0.15) is 0 Å². The number of carbonyl (C=O) groups excluding carboxylic acids is 1. The van der Waals surface area contributed by atoms with E-state index in [1.54, 1.807) is 0 Å². The highest BCUT2D eigenvalue weighted by molar-refractivity contribution is 5.93. The molecule has 0 aromatic heterocycles. The van der Waals surface area contributed by atoms with E-state index in [4.69, 9.17) is 0 Å².